The first-order chi connectivity index (χ1) is 8.03. The zero-order chi connectivity index (χ0) is 12.5. The summed E-state index contributed by atoms with van der Waals surface area (Å²) in [5.41, 5.74) is 0. The summed E-state index contributed by atoms with van der Waals surface area (Å²) < 4.78 is 24.6. The summed E-state index contributed by atoms with van der Waals surface area (Å²) in [4.78, 5) is 0. The van der Waals surface area contributed by atoms with Crippen molar-refractivity contribution in [3.8, 4) is 0 Å². The molecule has 2 fully saturated rings. The van der Waals surface area contributed by atoms with Gasteiger partial charge in [-0.15, -0.1) is 0 Å². The number of rotatable bonds is 2. The summed E-state index contributed by atoms with van der Waals surface area (Å²) >= 11 is 0. The van der Waals surface area contributed by atoms with Crippen molar-refractivity contribution in [3.63, 3.8) is 0 Å². The molecule has 0 bridgehead atoms. The molecule has 4 unspecified atom stereocenters. The van der Waals surface area contributed by atoms with Gasteiger partial charge in [-0.1, -0.05) is 19.8 Å². The Hall–Kier alpha value is -0.0900. The largest absolute Gasteiger partial charge is 0.310 e. The molecule has 2 aliphatic rings. The van der Waals surface area contributed by atoms with Crippen LogP contribution in [0, 0.1) is 5.92 Å². The highest BCUT2D eigenvalue weighted by atomic mass is 32.2. The second kappa shape index (κ2) is 5.27. The normalized spacial score (nSPS) is 41.5. The summed E-state index contributed by atoms with van der Waals surface area (Å²) in [5.74, 6) is 1.01. The van der Waals surface area contributed by atoms with Crippen LogP contribution in [0.4, 0.5) is 0 Å². The fourth-order valence-electron chi connectivity index (χ4n) is 3.41. The van der Waals surface area contributed by atoms with E-state index in [9.17, 15) is 8.42 Å². The maximum atomic E-state index is 12.3. The van der Waals surface area contributed by atoms with Crippen LogP contribution < -0.4 is 5.32 Å². The lowest BCUT2D eigenvalue weighted by atomic mass is 9.83. The molecule has 1 saturated carbocycles. The third kappa shape index (κ3) is 3.02. The summed E-state index contributed by atoms with van der Waals surface area (Å²) in [6.45, 7) is 4.30. The molecule has 4 heteroatoms. The molecular weight excluding hydrogens is 234 g/mol. The first kappa shape index (κ1) is 13.3. The minimum absolute atomic E-state index is 0.113. The van der Waals surface area contributed by atoms with Crippen molar-refractivity contribution < 1.29 is 8.42 Å². The van der Waals surface area contributed by atoms with Gasteiger partial charge in [0, 0.05) is 12.1 Å². The van der Waals surface area contributed by atoms with Crippen LogP contribution in [0.15, 0.2) is 0 Å². The lowest BCUT2D eigenvalue weighted by Crippen LogP contribution is -2.48. The van der Waals surface area contributed by atoms with Crippen molar-refractivity contribution in [2.75, 3.05) is 5.75 Å². The van der Waals surface area contributed by atoms with Gasteiger partial charge in [0.15, 0.2) is 9.84 Å². The highest BCUT2D eigenvalue weighted by Crippen LogP contribution is 2.34. The average Bonchev–Trinajstić information content (AvgIpc) is 2.39. The Morgan fingerprint density at radius 3 is 2.71 bits per heavy atom. The smallest absolute Gasteiger partial charge is 0.154 e. The molecule has 100 valence electrons. The van der Waals surface area contributed by atoms with Gasteiger partial charge in [-0.2, -0.15) is 0 Å². The predicted molar refractivity (Wildman–Crippen MR) is 70.8 cm³/mol. The molecule has 1 aliphatic heterocycles. The third-order valence-electron chi connectivity index (χ3n) is 4.39. The minimum atomic E-state index is -2.87. The molecule has 2 rings (SSSR count). The van der Waals surface area contributed by atoms with E-state index in [0.717, 1.165) is 19.3 Å². The Labute approximate surface area is 105 Å². The summed E-state index contributed by atoms with van der Waals surface area (Å²) in [6, 6.07) is 0.563. The number of fused-ring (bicyclic) bond motifs is 1. The topological polar surface area (TPSA) is 46.2 Å². The molecule has 3 nitrogen and oxygen atoms in total. The SMILES string of the molecule is CCCC1CCC2NC(C)CCS(=O)(=O)C2C1. The Balaban J connectivity index is 2.13. The van der Waals surface area contributed by atoms with Crippen LogP contribution in [0.1, 0.15) is 52.4 Å². The zero-order valence-electron chi connectivity index (χ0n) is 11.0. The van der Waals surface area contributed by atoms with Gasteiger partial charge in [-0.05, 0) is 38.5 Å². The average molecular weight is 259 g/mol. The molecule has 0 aromatic heterocycles. The van der Waals surface area contributed by atoms with E-state index in [-0.39, 0.29) is 11.3 Å². The van der Waals surface area contributed by atoms with E-state index >= 15 is 0 Å². The van der Waals surface area contributed by atoms with E-state index in [0.29, 0.717) is 17.7 Å². The Morgan fingerprint density at radius 2 is 2.00 bits per heavy atom. The molecule has 0 radical (unpaired) electrons. The van der Waals surface area contributed by atoms with Crippen molar-refractivity contribution in [1.29, 1.82) is 0 Å². The quantitative estimate of drug-likeness (QED) is 0.826. The van der Waals surface area contributed by atoms with E-state index in [4.69, 9.17) is 0 Å². The van der Waals surface area contributed by atoms with Crippen LogP contribution in [-0.4, -0.2) is 31.5 Å². The molecule has 0 spiro atoms. The Bertz CT molecular complexity index is 352. The van der Waals surface area contributed by atoms with Crippen molar-refractivity contribution in [1.82, 2.24) is 5.32 Å². The molecule has 0 aromatic rings. The van der Waals surface area contributed by atoms with Crippen LogP contribution in [0.2, 0.25) is 0 Å². The first-order valence-corrected chi connectivity index (χ1v) is 8.72. The molecule has 4 atom stereocenters. The lowest BCUT2D eigenvalue weighted by Gasteiger charge is -2.35. The highest BCUT2D eigenvalue weighted by molar-refractivity contribution is 7.92. The maximum absolute atomic E-state index is 12.3. The monoisotopic (exact) mass is 259 g/mol. The van der Waals surface area contributed by atoms with Gasteiger partial charge in [-0.3, -0.25) is 0 Å². The van der Waals surface area contributed by atoms with Crippen molar-refractivity contribution in [2.45, 2.75) is 69.7 Å². The fourth-order valence-corrected chi connectivity index (χ4v) is 5.68. The second-order valence-electron chi connectivity index (χ2n) is 5.84. The van der Waals surface area contributed by atoms with Gasteiger partial charge in [-0.25, -0.2) is 8.42 Å². The van der Waals surface area contributed by atoms with E-state index in [1.807, 2.05) is 0 Å². The molecule has 1 heterocycles. The van der Waals surface area contributed by atoms with Gasteiger partial charge < -0.3 is 5.32 Å². The van der Waals surface area contributed by atoms with Crippen LogP contribution in [-0.2, 0) is 9.84 Å². The van der Waals surface area contributed by atoms with E-state index < -0.39 is 9.84 Å². The van der Waals surface area contributed by atoms with E-state index in [2.05, 4.69) is 19.2 Å². The molecule has 1 saturated heterocycles. The fraction of sp³-hybridized carbons (Fsp3) is 1.00. The van der Waals surface area contributed by atoms with E-state index in [1.165, 1.54) is 19.3 Å². The predicted octanol–water partition coefficient (Wildman–Crippen LogP) is 2.12. The minimum Gasteiger partial charge on any atom is -0.310 e. The van der Waals surface area contributed by atoms with Gasteiger partial charge in [0.2, 0.25) is 0 Å². The maximum Gasteiger partial charge on any atom is 0.154 e. The second-order valence-corrected chi connectivity index (χ2v) is 8.18. The first-order valence-electron chi connectivity index (χ1n) is 7.00. The zero-order valence-corrected chi connectivity index (χ0v) is 11.8. The Kier molecular flexibility index (Phi) is 4.14. The Morgan fingerprint density at radius 1 is 1.24 bits per heavy atom. The molecule has 17 heavy (non-hydrogen) atoms. The van der Waals surface area contributed by atoms with Crippen molar-refractivity contribution in [2.24, 2.45) is 5.92 Å². The van der Waals surface area contributed by atoms with Crippen LogP contribution in [0.25, 0.3) is 0 Å². The molecule has 1 aliphatic carbocycles. The molecule has 0 amide bonds. The van der Waals surface area contributed by atoms with Gasteiger partial charge in [0.1, 0.15) is 0 Å². The van der Waals surface area contributed by atoms with Crippen LogP contribution in [0.3, 0.4) is 0 Å². The molecule has 0 aromatic carbocycles. The third-order valence-corrected chi connectivity index (χ3v) is 6.64. The van der Waals surface area contributed by atoms with Crippen LogP contribution in [0.5, 0.6) is 0 Å². The standard InChI is InChI=1S/C13H25NO2S/c1-3-4-11-5-6-12-13(9-11)17(15,16)8-7-10(2)14-12/h10-14H,3-9H2,1-2H3. The van der Waals surface area contributed by atoms with Crippen LogP contribution >= 0.6 is 0 Å². The molecule has 1 N–H and O–H groups in total. The molecular formula is C13H25NO2S. The number of hydrogen-bond donors (Lipinski definition) is 1. The summed E-state index contributed by atoms with van der Waals surface area (Å²) in [7, 11) is -2.87. The highest BCUT2D eigenvalue weighted by Gasteiger charge is 2.40. The number of nitrogens with one attached hydrogen (secondary N) is 1. The number of hydrogen-bond acceptors (Lipinski definition) is 3. The van der Waals surface area contributed by atoms with Crippen molar-refractivity contribution >= 4 is 9.84 Å². The van der Waals surface area contributed by atoms with Gasteiger partial charge in [0.05, 0.1) is 11.0 Å². The van der Waals surface area contributed by atoms with Gasteiger partial charge >= 0.3 is 0 Å². The van der Waals surface area contributed by atoms with Crippen molar-refractivity contribution in [3.05, 3.63) is 0 Å². The summed E-state index contributed by atoms with van der Waals surface area (Å²) in [6.07, 6.45) is 6.26. The van der Waals surface area contributed by atoms with Gasteiger partial charge in [0.25, 0.3) is 0 Å². The number of sulfone groups is 1. The van der Waals surface area contributed by atoms with E-state index in [1.54, 1.807) is 0 Å². The lowest BCUT2D eigenvalue weighted by molar-refractivity contribution is 0.272. The summed E-state index contributed by atoms with van der Waals surface area (Å²) in [5, 5.41) is 3.41.